The van der Waals surface area contributed by atoms with Crippen molar-refractivity contribution in [3.8, 4) is 0 Å². The van der Waals surface area contributed by atoms with E-state index >= 15 is 0 Å². The molecule has 27 heavy (non-hydrogen) atoms. The van der Waals surface area contributed by atoms with Crippen LogP contribution in [0.2, 0.25) is 0 Å². The Kier molecular flexibility index (Phi) is 4.94. The van der Waals surface area contributed by atoms with E-state index in [-0.39, 0.29) is 17.7 Å². The zero-order valence-electron chi connectivity index (χ0n) is 15.5. The largest absolute Gasteiger partial charge is 0.481 e. The molecule has 7 nitrogen and oxygen atoms in total. The average Bonchev–Trinajstić information content (AvgIpc) is 2.99. The zero-order chi connectivity index (χ0) is 19.6. The Labute approximate surface area is 156 Å². The predicted molar refractivity (Wildman–Crippen MR) is 102 cm³/mol. The number of carboxylic acid groups (broad SMARTS) is 1. The van der Waals surface area contributed by atoms with E-state index in [1.165, 1.54) is 11.8 Å². The quantitative estimate of drug-likeness (QED) is 0.643. The molecule has 3 N–H and O–H groups in total. The highest BCUT2D eigenvalue weighted by Crippen LogP contribution is 2.22. The number of rotatable bonds is 5. The van der Waals surface area contributed by atoms with Crippen molar-refractivity contribution in [3.63, 3.8) is 0 Å². The van der Waals surface area contributed by atoms with Gasteiger partial charge in [0.1, 0.15) is 12.2 Å². The number of nitrogens with one attached hydrogen (secondary N) is 2. The summed E-state index contributed by atoms with van der Waals surface area (Å²) in [5.41, 5.74) is 3.65. The summed E-state index contributed by atoms with van der Waals surface area (Å²) < 4.78 is 0. The molecule has 0 atom stereocenters. The molecular formula is C20H22N4O3. The third-order valence-electron chi connectivity index (χ3n) is 4.24. The Morgan fingerprint density at radius 3 is 2.52 bits per heavy atom. The fraction of sp³-hybridized carbons (Fsp3) is 0.300. The van der Waals surface area contributed by atoms with Crippen molar-refractivity contribution in [2.75, 3.05) is 0 Å². The van der Waals surface area contributed by atoms with E-state index in [4.69, 9.17) is 5.11 Å². The van der Waals surface area contributed by atoms with Gasteiger partial charge in [0, 0.05) is 12.7 Å². The smallest absolute Gasteiger partial charge is 0.311 e. The van der Waals surface area contributed by atoms with Gasteiger partial charge in [0.2, 0.25) is 0 Å². The summed E-state index contributed by atoms with van der Waals surface area (Å²) in [6.07, 6.45) is 1.22. The van der Waals surface area contributed by atoms with E-state index in [0.717, 1.165) is 5.56 Å². The summed E-state index contributed by atoms with van der Waals surface area (Å²) in [5.74, 6) is -0.926. The van der Waals surface area contributed by atoms with Crippen molar-refractivity contribution in [3.05, 3.63) is 59.0 Å². The number of aromatic nitrogens is 3. The minimum Gasteiger partial charge on any atom is -0.481 e. The third kappa shape index (κ3) is 4.49. The number of carboxylic acids is 1. The minimum atomic E-state index is -0.982. The molecule has 1 amide bonds. The number of H-pyrrole nitrogens is 1. The first-order chi connectivity index (χ1) is 12.7. The fourth-order valence-corrected chi connectivity index (χ4v) is 2.71. The molecule has 7 heteroatoms. The monoisotopic (exact) mass is 366 g/mol. The standard InChI is InChI=1S/C20H22N4O3/c1-20(2,3)14-6-4-12(5-7-14)10-22-19(27)13-8-15-18(21-11-13)24-16(23-15)9-17(25)26/h4-8,11H,9-10H2,1-3H3,(H,22,27)(H,25,26)(H,21,23,24). The fourth-order valence-electron chi connectivity index (χ4n) is 2.71. The SMILES string of the molecule is CC(C)(C)c1ccc(CNC(=O)c2cnc3nc(CC(=O)O)[nH]c3c2)cc1. The number of fused-ring (bicyclic) bond motifs is 1. The lowest BCUT2D eigenvalue weighted by Gasteiger charge is -2.19. The molecule has 0 fully saturated rings. The molecule has 0 saturated heterocycles. The van der Waals surface area contributed by atoms with Crippen LogP contribution in [0, 0.1) is 0 Å². The number of imidazole rings is 1. The number of amides is 1. The summed E-state index contributed by atoms with van der Waals surface area (Å²) in [4.78, 5) is 34.3. The second kappa shape index (κ2) is 7.19. The highest BCUT2D eigenvalue weighted by Gasteiger charge is 2.14. The van der Waals surface area contributed by atoms with E-state index < -0.39 is 5.97 Å². The molecule has 0 radical (unpaired) electrons. The second-order valence-corrected chi connectivity index (χ2v) is 7.48. The number of carbonyl (C=O) groups is 2. The van der Waals surface area contributed by atoms with Crippen LogP contribution in [0.4, 0.5) is 0 Å². The predicted octanol–water partition coefficient (Wildman–Crippen LogP) is 2.81. The van der Waals surface area contributed by atoms with Crippen LogP contribution < -0.4 is 5.32 Å². The van der Waals surface area contributed by atoms with Crippen molar-refractivity contribution < 1.29 is 14.7 Å². The van der Waals surface area contributed by atoms with E-state index in [2.05, 4.69) is 53.2 Å². The van der Waals surface area contributed by atoms with E-state index in [1.807, 2.05) is 12.1 Å². The molecule has 0 saturated carbocycles. The van der Waals surface area contributed by atoms with Gasteiger partial charge in [0.15, 0.2) is 5.65 Å². The lowest BCUT2D eigenvalue weighted by atomic mass is 9.87. The van der Waals surface area contributed by atoms with Gasteiger partial charge in [0.05, 0.1) is 11.1 Å². The van der Waals surface area contributed by atoms with Gasteiger partial charge in [-0.25, -0.2) is 9.97 Å². The van der Waals surface area contributed by atoms with Crippen LogP contribution in [-0.2, 0) is 23.2 Å². The first-order valence-corrected chi connectivity index (χ1v) is 8.66. The number of aliphatic carboxylic acids is 1. The molecule has 0 spiro atoms. The van der Waals surface area contributed by atoms with Crippen molar-refractivity contribution in [1.29, 1.82) is 0 Å². The molecule has 0 aliphatic rings. The molecule has 0 bridgehead atoms. The Morgan fingerprint density at radius 2 is 1.89 bits per heavy atom. The van der Waals surface area contributed by atoms with Gasteiger partial charge in [-0.1, -0.05) is 45.0 Å². The molecule has 140 valence electrons. The maximum absolute atomic E-state index is 12.4. The van der Waals surface area contributed by atoms with Crippen LogP contribution in [0.15, 0.2) is 36.5 Å². The summed E-state index contributed by atoms with van der Waals surface area (Å²) in [6, 6.07) is 9.79. The Bertz CT molecular complexity index is 985. The lowest BCUT2D eigenvalue weighted by Crippen LogP contribution is -2.23. The maximum atomic E-state index is 12.4. The Morgan fingerprint density at radius 1 is 1.19 bits per heavy atom. The number of aromatic amines is 1. The summed E-state index contributed by atoms with van der Waals surface area (Å²) in [7, 11) is 0. The van der Waals surface area contributed by atoms with Crippen molar-refractivity contribution in [1.82, 2.24) is 20.3 Å². The van der Waals surface area contributed by atoms with Crippen LogP contribution in [0.5, 0.6) is 0 Å². The van der Waals surface area contributed by atoms with Gasteiger partial charge in [-0.05, 0) is 22.6 Å². The number of benzene rings is 1. The van der Waals surface area contributed by atoms with Crippen molar-refractivity contribution in [2.24, 2.45) is 0 Å². The molecule has 0 unspecified atom stereocenters. The summed E-state index contributed by atoms with van der Waals surface area (Å²) in [6.45, 7) is 6.88. The number of pyridine rings is 1. The summed E-state index contributed by atoms with van der Waals surface area (Å²) >= 11 is 0. The molecule has 3 rings (SSSR count). The number of hydrogen-bond acceptors (Lipinski definition) is 4. The van der Waals surface area contributed by atoms with E-state index in [9.17, 15) is 9.59 Å². The highest BCUT2D eigenvalue weighted by molar-refractivity contribution is 5.96. The van der Waals surface area contributed by atoms with E-state index in [0.29, 0.717) is 29.1 Å². The van der Waals surface area contributed by atoms with Gasteiger partial charge >= 0.3 is 5.97 Å². The number of carbonyl (C=O) groups excluding carboxylic acids is 1. The molecule has 0 aliphatic heterocycles. The number of nitrogens with zero attached hydrogens (tertiary/aromatic N) is 2. The first-order valence-electron chi connectivity index (χ1n) is 8.66. The molecule has 0 aliphatic carbocycles. The van der Waals surface area contributed by atoms with Gasteiger partial charge in [-0.15, -0.1) is 0 Å². The molecule has 2 aromatic heterocycles. The Hall–Kier alpha value is -3.22. The molecule has 3 aromatic rings. The maximum Gasteiger partial charge on any atom is 0.311 e. The van der Waals surface area contributed by atoms with Gasteiger partial charge in [-0.3, -0.25) is 9.59 Å². The van der Waals surface area contributed by atoms with Gasteiger partial charge in [0.25, 0.3) is 5.91 Å². The topological polar surface area (TPSA) is 108 Å². The second-order valence-electron chi connectivity index (χ2n) is 7.48. The van der Waals surface area contributed by atoms with Crippen LogP contribution >= 0.6 is 0 Å². The van der Waals surface area contributed by atoms with Gasteiger partial charge < -0.3 is 15.4 Å². The Balaban J connectivity index is 1.67. The van der Waals surface area contributed by atoms with Crippen LogP contribution in [0.3, 0.4) is 0 Å². The zero-order valence-corrected chi connectivity index (χ0v) is 15.5. The highest BCUT2D eigenvalue weighted by atomic mass is 16.4. The van der Waals surface area contributed by atoms with Crippen molar-refractivity contribution in [2.45, 2.75) is 39.2 Å². The third-order valence-corrected chi connectivity index (χ3v) is 4.24. The molecule has 2 heterocycles. The van der Waals surface area contributed by atoms with Crippen LogP contribution in [0.25, 0.3) is 11.2 Å². The van der Waals surface area contributed by atoms with Crippen LogP contribution in [0.1, 0.15) is 48.1 Å². The lowest BCUT2D eigenvalue weighted by molar-refractivity contribution is -0.136. The molecule has 1 aromatic carbocycles. The van der Waals surface area contributed by atoms with E-state index in [1.54, 1.807) is 6.07 Å². The first kappa shape index (κ1) is 18.6. The average molecular weight is 366 g/mol. The van der Waals surface area contributed by atoms with Gasteiger partial charge in [-0.2, -0.15) is 0 Å². The number of hydrogen-bond donors (Lipinski definition) is 3. The van der Waals surface area contributed by atoms with Crippen molar-refractivity contribution >= 4 is 23.0 Å². The minimum absolute atomic E-state index is 0.0897. The summed E-state index contributed by atoms with van der Waals surface area (Å²) in [5, 5.41) is 11.7. The molecular weight excluding hydrogens is 344 g/mol. The normalized spacial score (nSPS) is 11.5. The van der Waals surface area contributed by atoms with Crippen LogP contribution in [-0.4, -0.2) is 31.9 Å².